The van der Waals surface area contributed by atoms with Crippen LogP contribution in [0.2, 0.25) is 0 Å². The van der Waals surface area contributed by atoms with Crippen LogP contribution in [-0.4, -0.2) is 52.6 Å². The summed E-state index contributed by atoms with van der Waals surface area (Å²) in [5.74, 6) is -0.368. The number of nitrogens with one attached hydrogen (secondary N) is 1. The predicted octanol–water partition coefficient (Wildman–Crippen LogP) is 3.50. The summed E-state index contributed by atoms with van der Waals surface area (Å²) in [6, 6.07) is 14.0. The molecule has 34 heavy (non-hydrogen) atoms. The van der Waals surface area contributed by atoms with Crippen molar-refractivity contribution >= 4 is 23.6 Å². The molecule has 178 valence electrons. The van der Waals surface area contributed by atoms with Gasteiger partial charge in [-0.05, 0) is 55.5 Å². The lowest BCUT2D eigenvalue weighted by atomic mass is 9.94. The van der Waals surface area contributed by atoms with Crippen molar-refractivity contribution in [3.8, 4) is 0 Å². The molecule has 7 heteroatoms. The van der Waals surface area contributed by atoms with Crippen LogP contribution >= 0.6 is 0 Å². The van der Waals surface area contributed by atoms with E-state index in [-0.39, 0.29) is 42.1 Å². The molecular formula is C27H31N3O4. The maximum absolute atomic E-state index is 13.1. The van der Waals surface area contributed by atoms with E-state index < -0.39 is 0 Å². The molecule has 1 atom stereocenters. The van der Waals surface area contributed by atoms with Crippen molar-refractivity contribution in [1.82, 2.24) is 15.1 Å². The number of amides is 4. The van der Waals surface area contributed by atoms with E-state index in [0.717, 1.165) is 5.56 Å². The van der Waals surface area contributed by atoms with Gasteiger partial charge in [0.1, 0.15) is 0 Å². The van der Waals surface area contributed by atoms with E-state index in [1.54, 1.807) is 47.4 Å². The highest BCUT2D eigenvalue weighted by Crippen LogP contribution is 2.25. The van der Waals surface area contributed by atoms with Gasteiger partial charge in [0, 0.05) is 30.6 Å². The normalized spacial score (nSPS) is 17.2. The van der Waals surface area contributed by atoms with Gasteiger partial charge in [-0.2, -0.15) is 0 Å². The third-order valence-corrected chi connectivity index (χ3v) is 6.92. The summed E-state index contributed by atoms with van der Waals surface area (Å²) in [4.78, 5) is 54.0. The summed E-state index contributed by atoms with van der Waals surface area (Å²) < 4.78 is 0. The fraction of sp³-hybridized carbons (Fsp3) is 0.407. The largest absolute Gasteiger partial charge is 0.353 e. The third-order valence-electron chi connectivity index (χ3n) is 6.92. The quantitative estimate of drug-likeness (QED) is 0.667. The Kier molecular flexibility index (Phi) is 6.82. The highest BCUT2D eigenvalue weighted by Gasteiger charge is 2.35. The van der Waals surface area contributed by atoms with E-state index in [4.69, 9.17) is 0 Å². The van der Waals surface area contributed by atoms with Crippen molar-refractivity contribution in [2.45, 2.75) is 46.2 Å². The van der Waals surface area contributed by atoms with Gasteiger partial charge in [-0.3, -0.25) is 24.1 Å². The van der Waals surface area contributed by atoms with Crippen molar-refractivity contribution in [1.29, 1.82) is 0 Å². The van der Waals surface area contributed by atoms with Crippen LogP contribution in [-0.2, 0) is 11.3 Å². The van der Waals surface area contributed by atoms with E-state index >= 15 is 0 Å². The highest BCUT2D eigenvalue weighted by atomic mass is 16.2. The van der Waals surface area contributed by atoms with E-state index in [9.17, 15) is 19.2 Å². The Morgan fingerprint density at radius 1 is 0.941 bits per heavy atom. The van der Waals surface area contributed by atoms with Crippen molar-refractivity contribution in [3.63, 3.8) is 0 Å². The molecule has 0 bridgehead atoms. The minimum absolute atomic E-state index is 0.0660. The Balaban J connectivity index is 1.37. The molecule has 4 rings (SSSR count). The first-order valence-electron chi connectivity index (χ1n) is 11.9. The number of nitrogens with zero attached hydrogens (tertiary/aromatic N) is 2. The first-order chi connectivity index (χ1) is 16.3. The lowest BCUT2D eigenvalue weighted by molar-refractivity contribution is -0.127. The molecule has 0 aliphatic carbocycles. The number of benzene rings is 2. The van der Waals surface area contributed by atoms with Gasteiger partial charge in [0.25, 0.3) is 17.7 Å². The monoisotopic (exact) mass is 461 g/mol. The van der Waals surface area contributed by atoms with Gasteiger partial charge in [0.05, 0.1) is 17.7 Å². The fourth-order valence-electron chi connectivity index (χ4n) is 4.40. The highest BCUT2D eigenvalue weighted by molar-refractivity contribution is 6.21. The Morgan fingerprint density at radius 3 is 2.15 bits per heavy atom. The molecule has 0 saturated carbocycles. The number of rotatable bonds is 6. The number of hydrogen-bond donors (Lipinski definition) is 1. The molecule has 2 aromatic carbocycles. The van der Waals surface area contributed by atoms with Gasteiger partial charge in [-0.15, -0.1) is 0 Å². The van der Waals surface area contributed by atoms with E-state index in [0.29, 0.717) is 48.5 Å². The summed E-state index contributed by atoms with van der Waals surface area (Å²) >= 11 is 0. The zero-order valence-electron chi connectivity index (χ0n) is 19.9. The number of piperidine rings is 1. The van der Waals surface area contributed by atoms with E-state index in [1.165, 1.54) is 4.90 Å². The number of imide groups is 1. The van der Waals surface area contributed by atoms with Crippen LogP contribution in [0.4, 0.5) is 0 Å². The molecule has 0 spiro atoms. The second kappa shape index (κ2) is 9.79. The van der Waals surface area contributed by atoms with E-state index in [2.05, 4.69) is 19.2 Å². The Hall–Kier alpha value is -3.48. The second-order valence-corrected chi connectivity index (χ2v) is 9.55. The van der Waals surface area contributed by atoms with Crippen LogP contribution < -0.4 is 5.32 Å². The Morgan fingerprint density at radius 2 is 1.56 bits per heavy atom. The lowest BCUT2D eigenvalue weighted by Gasteiger charge is -2.32. The molecule has 2 heterocycles. The van der Waals surface area contributed by atoms with Gasteiger partial charge >= 0.3 is 0 Å². The van der Waals surface area contributed by atoms with Crippen molar-refractivity contribution in [2.24, 2.45) is 11.8 Å². The SMILES string of the molecule is CC(C)C(C)NC(=O)C1CCN(C(=O)c2cccc(CN3C(=O)c4ccccc4C3=O)c2)CC1. The molecule has 4 amide bonds. The summed E-state index contributed by atoms with van der Waals surface area (Å²) in [7, 11) is 0. The maximum Gasteiger partial charge on any atom is 0.261 e. The van der Waals surface area contributed by atoms with Crippen LogP contribution in [0.5, 0.6) is 0 Å². The number of hydrogen-bond acceptors (Lipinski definition) is 4. The van der Waals surface area contributed by atoms with Crippen molar-refractivity contribution < 1.29 is 19.2 Å². The maximum atomic E-state index is 13.1. The molecule has 2 aromatic rings. The van der Waals surface area contributed by atoms with Gasteiger partial charge in [-0.1, -0.05) is 38.1 Å². The van der Waals surface area contributed by atoms with Crippen molar-refractivity contribution in [2.75, 3.05) is 13.1 Å². The molecule has 1 unspecified atom stereocenters. The van der Waals surface area contributed by atoms with Crippen LogP contribution in [0.15, 0.2) is 48.5 Å². The van der Waals surface area contributed by atoms with Crippen LogP contribution in [0.25, 0.3) is 0 Å². The minimum atomic E-state index is -0.315. The van der Waals surface area contributed by atoms with Crippen LogP contribution in [0, 0.1) is 11.8 Å². The third kappa shape index (κ3) is 4.74. The lowest BCUT2D eigenvalue weighted by Crippen LogP contribution is -2.45. The number of fused-ring (bicyclic) bond motifs is 1. The topological polar surface area (TPSA) is 86.8 Å². The minimum Gasteiger partial charge on any atom is -0.353 e. The van der Waals surface area contributed by atoms with Crippen molar-refractivity contribution in [3.05, 3.63) is 70.8 Å². The first kappa shape index (κ1) is 23.7. The van der Waals surface area contributed by atoms with Crippen LogP contribution in [0.3, 0.4) is 0 Å². The number of likely N-dealkylation sites (tertiary alicyclic amines) is 1. The molecule has 2 aliphatic rings. The summed E-state index contributed by atoms with van der Waals surface area (Å²) in [5.41, 5.74) is 2.06. The fourth-order valence-corrected chi connectivity index (χ4v) is 4.40. The summed E-state index contributed by atoms with van der Waals surface area (Å²) in [6.07, 6.45) is 1.27. The Labute approximate surface area is 200 Å². The zero-order chi connectivity index (χ0) is 24.4. The van der Waals surface area contributed by atoms with Crippen LogP contribution in [0.1, 0.15) is 70.3 Å². The zero-order valence-corrected chi connectivity index (χ0v) is 19.9. The average molecular weight is 462 g/mol. The Bertz CT molecular complexity index is 1080. The number of carbonyl (C=O) groups excluding carboxylic acids is 4. The van der Waals surface area contributed by atoms with Gasteiger partial charge < -0.3 is 10.2 Å². The standard InChI is InChI=1S/C27H31N3O4/c1-17(2)18(3)28-24(31)20-11-13-29(14-12-20)25(32)21-8-6-7-19(15-21)16-30-26(33)22-9-4-5-10-23(22)27(30)34/h4-10,15,17-18,20H,11-14,16H2,1-3H3,(H,28,31). The summed E-state index contributed by atoms with van der Waals surface area (Å²) in [6.45, 7) is 7.33. The van der Waals surface area contributed by atoms with Gasteiger partial charge in [-0.25, -0.2) is 0 Å². The predicted molar refractivity (Wildman–Crippen MR) is 128 cm³/mol. The molecule has 7 nitrogen and oxygen atoms in total. The number of carbonyl (C=O) groups is 4. The average Bonchev–Trinajstić information content (AvgIpc) is 3.08. The summed E-state index contributed by atoms with van der Waals surface area (Å²) in [5, 5.41) is 3.08. The molecular weight excluding hydrogens is 430 g/mol. The second-order valence-electron chi connectivity index (χ2n) is 9.55. The molecule has 1 fully saturated rings. The molecule has 2 aliphatic heterocycles. The molecule has 1 saturated heterocycles. The van der Waals surface area contributed by atoms with Gasteiger partial charge in [0.2, 0.25) is 5.91 Å². The van der Waals surface area contributed by atoms with Gasteiger partial charge in [0.15, 0.2) is 0 Å². The van der Waals surface area contributed by atoms with E-state index in [1.807, 2.05) is 13.0 Å². The molecule has 0 radical (unpaired) electrons. The smallest absolute Gasteiger partial charge is 0.261 e. The molecule has 0 aromatic heterocycles. The molecule has 1 N–H and O–H groups in total. The first-order valence-corrected chi connectivity index (χ1v) is 11.9.